The van der Waals surface area contributed by atoms with E-state index in [0.717, 1.165) is 12.0 Å². The number of ether oxygens (including phenoxy) is 3. The highest BCUT2D eigenvalue weighted by atomic mass is 127. The number of nitrogens with one attached hydrogen (secondary N) is 3. The van der Waals surface area contributed by atoms with Gasteiger partial charge in [0.25, 0.3) is 5.91 Å². The van der Waals surface area contributed by atoms with Crippen LogP contribution in [-0.4, -0.2) is 38.9 Å². The topological polar surface area (TPSA) is 93.2 Å². The Bertz CT molecular complexity index is 975. The van der Waals surface area contributed by atoms with E-state index in [0.29, 0.717) is 41.7 Å². The Labute approximate surface area is 208 Å². The van der Waals surface area contributed by atoms with Gasteiger partial charge in [0, 0.05) is 43.9 Å². The zero-order chi connectivity index (χ0) is 22.9. The largest absolute Gasteiger partial charge is 0.454 e. The lowest BCUT2D eigenvalue weighted by molar-refractivity contribution is -0.0505. The Morgan fingerprint density at radius 2 is 1.85 bits per heavy atom. The maximum absolute atomic E-state index is 12.8. The van der Waals surface area contributed by atoms with Crippen LogP contribution >= 0.6 is 24.0 Å². The third kappa shape index (κ3) is 7.62. The molecule has 180 valence electrons. The first-order valence-electron chi connectivity index (χ1n) is 10.2. The molecular formula is C22H27F2IN4O4. The van der Waals surface area contributed by atoms with Gasteiger partial charge in [-0.2, -0.15) is 8.78 Å². The van der Waals surface area contributed by atoms with Gasteiger partial charge in [-0.25, -0.2) is 0 Å². The molecule has 0 radical (unpaired) electrons. The second-order valence-electron chi connectivity index (χ2n) is 6.93. The van der Waals surface area contributed by atoms with Crippen molar-refractivity contribution in [2.75, 3.05) is 20.4 Å². The molecule has 11 heteroatoms. The average molecular weight is 576 g/mol. The van der Waals surface area contributed by atoms with Crippen LogP contribution in [0.25, 0.3) is 0 Å². The van der Waals surface area contributed by atoms with Crippen LogP contribution in [0, 0.1) is 0 Å². The number of halogens is 3. The fraction of sp³-hybridized carbons (Fsp3) is 0.364. The molecule has 0 saturated heterocycles. The summed E-state index contributed by atoms with van der Waals surface area (Å²) in [4.78, 5) is 16.3. The summed E-state index contributed by atoms with van der Waals surface area (Å²) in [6, 6.07) is 10.2. The maximum atomic E-state index is 12.8. The monoisotopic (exact) mass is 576 g/mol. The molecule has 3 rings (SSSR count). The van der Waals surface area contributed by atoms with E-state index in [2.05, 4.69) is 25.7 Å². The van der Waals surface area contributed by atoms with Gasteiger partial charge in [-0.3, -0.25) is 9.79 Å². The number of aliphatic imine (C=N–C) groups is 1. The van der Waals surface area contributed by atoms with Crippen LogP contribution in [-0.2, 0) is 13.1 Å². The number of amides is 1. The van der Waals surface area contributed by atoms with Crippen LogP contribution in [0.4, 0.5) is 8.78 Å². The van der Waals surface area contributed by atoms with Gasteiger partial charge < -0.3 is 30.2 Å². The van der Waals surface area contributed by atoms with Crippen molar-refractivity contribution in [3.8, 4) is 17.2 Å². The first kappa shape index (κ1) is 26.4. The number of nitrogens with zero attached hydrogens (tertiary/aromatic N) is 1. The van der Waals surface area contributed by atoms with Gasteiger partial charge in [-0.05, 0) is 30.2 Å². The zero-order valence-electron chi connectivity index (χ0n) is 18.3. The predicted octanol–water partition coefficient (Wildman–Crippen LogP) is 3.64. The number of hydrogen-bond acceptors (Lipinski definition) is 5. The highest BCUT2D eigenvalue weighted by Gasteiger charge is 2.20. The van der Waals surface area contributed by atoms with Crippen molar-refractivity contribution in [3.05, 3.63) is 53.1 Å². The number of hydrogen-bond donors (Lipinski definition) is 3. The average Bonchev–Trinajstić information content (AvgIpc) is 3.24. The Hall–Kier alpha value is -2.83. The number of carbonyl (C=O) groups excluding carboxylic acids is 1. The van der Waals surface area contributed by atoms with E-state index in [4.69, 9.17) is 9.47 Å². The van der Waals surface area contributed by atoms with Crippen molar-refractivity contribution in [2.45, 2.75) is 33.0 Å². The van der Waals surface area contributed by atoms with Crippen molar-refractivity contribution < 1.29 is 27.8 Å². The fourth-order valence-corrected chi connectivity index (χ4v) is 3.06. The van der Waals surface area contributed by atoms with Crippen molar-refractivity contribution in [3.63, 3.8) is 0 Å². The molecule has 0 bridgehead atoms. The standard InChI is InChI=1S/C22H26F2N4O4.HI/c1-3-7-26-20(29)15-6-4-5-14(8-15)11-27-22(25-2)28-12-16-9-18-19(31-13-30-18)10-17(16)32-21(23)24;/h4-6,8-10,21H,3,7,11-13H2,1-2H3,(H,26,29)(H2,25,27,28);1H. The number of benzene rings is 2. The van der Waals surface area contributed by atoms with Crippen molar-refractivity contribution >= 4 is 35.8 Å². The SMILES string of the molecule is CCCNC(=O)c1cccc(CNC(=NC)NCc2cc3c(cc2OC(F)F)OCO3)c1.I. The van der Waals surface area contributed by atoms with Crippen LogP contribution in [0.1, 0.15) is 34.8 Å². The molecule has 0 atom stereocenters. The first-order valence-corrected chi connectivity index (χ1v) is 10.2. The van der Waals surface area contributed by atoms with Crippen LogP contribution in [0.5, 0.6) is 17.2 Å². The highest BCUT2D eigenvalue weighted by molar-refractivity contribution is 14.0. The van der Waals surface area contributed by atoms with Crippen molar-refractivity contribution in [1.82, 2.24) is 16.0 Å². The van der Waals surface area contributed by atoms with Crippen LogP contribution in [0.3, 0.4) is 0 Å². The molecular weight excluding hydrogens is 549 g/mol. The number of fused-ring (bicyclic) bond motifs is 1. The third-order valence-corrected chi connectivity index (χ3v) is 4.63. The molecule has 2 aromatic rings. The minimum atomic E-state index is -2.96. The van der Waals surface area contributed by atoms with Gasteiger partial charge in [0.05, 0.1) is 0 Å². The molecule has 1 aliphatic heterocycles. The maximum Gasteiger partial charge on any atom is 0.387 e. The summed E-state index contributed by atoms with van der Waals surface area (Å²) in [5.74, 6) is 1.15. The molecule has 2 aromatic carbocycles. The summed E-state index contributed by atoms with van der Waals surface area (Å²) in [6.45, 7) is 0.251. The van der Waals surface area contributed by atoms with Crippen molar-refractivity contribution in [1.29, 1.82) is 0 Å². The predicted molar refractivity (Wildman–Crippen MR) is 131 cm³/mol. The minimum Gasteiger partial charge on any atom is -0.454 e. The number of rotatable bonds is 9. The summed E-state index contributed by atoms with van der Waals surface area (Å²) in [6.07, 6.45) is 0.864. The summed E-state index contributed by atoms with van der Waals surface area (Å²) in [7, 11) is 1.60. The summed E-state index contributed by atoms with van der Waals surface area (Å²) < 4.78 is 40.8. The molecule has 0 saturated carbocycles. The number of alkyl halides is 2. The van der Waals surface area contributed by atoms with Crippen molar-refractivity contribution in [2.24, 2.45) is 4.99 Å². The summed E-state index contributed by atoms with van der Waals surface area (Å²) >= 11 is 0. The van der Waals surface area contributed by atoms with Gasteiger partial charge in [-0.1, -0.05) is 19.1 Å². The van der Waals surface area contributed by atoms with Crippen LogP contribution < -0.4 is 30.2 Å². The number of carbonyl (C=O) groups is 1. The van der Waals surface area contributed by atoms with Gasteiger partial charge in [-0.15, -0.1) is 24.0 Å². The second kappa shape index (κ2) is 13.0. The molecule has 33 heavy (non-hydrogen) atoms. The lowest BCUT2D eigenvalue weighted by Gasteiger charge is -2.15. The Morgan fingerprint density at radius 1 is 1.12 bits per heavy atom. The molecule has 1 heterocycles. The van der Waals surface area contributed by atoms with Gasteiger partial charge in [0.15, 0.2) is 17.5 Å². The smallest absolute Gasteiger partial charge is 0.387 e. The molecule has 0 unspecified atom stereocenters. The highest BCUT2D eigenvalue weighted by Crippen LogP contribution is 2.38. The molecule has 8 nitrogen and oxygen atoms in total. The lowest BCUT2D eigenvalue weighted by Crippen LogP contribution is -2.36. The van der Waals surface area contributed by atoms with Gasteiger partial charge >= 0.3 is 6.61 Å². The molecule has 0 aliphatic carbocycles. The quantitative estimate of drug-likeness (QED) is 0.240. The zero-order valence-corrected chi connectivity index (χ0v) is 20.7. The number of guanidine groups is 1. The van der Waals surface area contributed by atoms with E-state index in [1.165, 1.54) is 6.07 Å². The van der Waals surface area contributed by atoms with Gasteiger partial charge in [0.2, 0.25) is 6.79 Å². The van der Waals surface area contributed by atoms with E-state index in [-0.39, 0.29) is 49.0 Å². The molecule has 0 spiro atoms. The van der Waals surface area contributed by atoms with E-state index >= 15 is 0 Å². The lowest BCUT2D eigenvalue weighted by atomic mass is 10.1. The minimum absolute atomic E-state index is 0. The van der Waals surface area contributed by atoms with E-state index in [9.17, 15) is 13.6 Å². The Morgan fingerprint density at radius 3 is 2.55 bits per heavy atom. The van der Waals surface area contributed by atoms with Crippen LogP contribution in [0.15, 0.2) is 41.4 Å². The molecule has 1 aliphatic rings. The third-order valence-electron chi connectivity index (χ3n) is 4.63. The van der Waals surface area contributed by atoms with Gasteiger partial charge in [0.1, 0.15) is 5.75 Å². The first-order chi connectivity index (χ1) is 15.5. The Kier molecular flexibility index (Phi) is 10.4. The second-order valence-corrected chi connectivity index (χ2v) is 6.93. The molecule has 0 aromatic heterocycles. The molecule has 3 N–H and O–H groups in total. The normalized spacial score (nSPS) is 12.2. The molecule has 0 fully saturated rings. The van der Waals surface area contributed by atoms with E-state index < -0.39 is 6.61 Å². The summed E-state index contributed by atoms with van der Waals surface area (Å²) in [5.41, 5.74) is 1.93. The van der Waals surface area contributed by atoms with E-state index in [1.807, 2.05) is 19.1 Å². The van der Waals surface area contributed by atoms with Crippen LogP contribution in [0.2, 0.25) is 0 Å². The fourth-order valence-electron chi connectivity index (χ4n) is 3.06. The van der Waals surface area contributed by atoms with E-state index in [1.54, 1.807) is 25.2 Å². The molecule has 1 amide bonds. The summed E-state index contributed by atoms with van der Waals surface area (Å²) in [5, 5.41) is 9.05. The Balaban J connectivity index is 0.00000385.